The summed E-state index contributed by atoms with van der Waals surface area (Å²) in [6.07, 6.45) is 4.90. The van der Waals surface area contributed by atoms with Gasteiger partial charge in [0.05, 0.1) is 13.2 Å². The summed E-state index contributed by atoms with van der Waals surface area (Å²) in [6, 6.07) is 10.4. The van der Waals surface area contributed by atoms with Gasteiger partial charge < -0.3 is 14.4 Å². The third kappa shape index (κ3) is 3.72. The van der Waals surface area contributed by atoms with Crippen LogP contribution in [0.4, 0.5) is 4.39 Å². The minimum absolute atomic E-state index is 0.00887. The summed E-state index contributed by atoms with van der Waals surface area (Å²) in [5.41, 5.74) is 0.972. The highest BCUT2D eigenvalue weighted by Gasteiger charge is 2.40. The first-order valence-corrected chi connectivity index (χ1v) is 9.56. The van der Waals surface area contributed by atoms with Gasteiger partial charge in [-0.25, -0.2) is 4.39 Å². The molecule has 0 unspecified atom stereocenters. The first kappa shape index (κ1) is 17.4. The number of piperidine rings is 1. The van der Waals surface area contributed by atoms with Crippen molar-refractivity contribution in [1.82, 2.24) is 4.90 Å². The Morgan fingerprint density at radius 1 is 1.08 bits per heavy atom. The number of carbonyl (C=O) groups excluding carboxylic acids is 1. The number of likely N-dealkylation sites (tertiary alicyclic amines) is 1. The SMILES string of the molecule is O=C(/C=C/c1ccc(-c2ccc(F)cc2)s1)N1CCC2(CC1)OCCO2. The first-order chi connectivity index (χ1) is 12.6. The molecule has 1 aromatic carbocycles. The largest absolute Gasteiger partial charge is 0.347 e. The van der Waals surface area contributed by atoms with Crippen molar-refractivity contribution in [1.29, 1.82) is 0 Å². The van der Waals surface area contributed by atoms with E-state index in [9.17, 15) is 9.18 Å². The molecule has 2 aliphatic rings. The number of hydrogen-bond donors (Lipinski definition) is 0. The summed E-state index contributed by atoms with van der Waals surface area (Å²) in [6.45, 7) is 2.58. The molecule has 1 aromatic heterocycles. The second-order valence-electron chi connectivity index (χ2n) is 6.48. The molecule has 1 amide bonds. The molecule has 4 rings (SSSR count). The molecule has 0 radical (unpaired) electrons. The molecule has 0 aliphatic carbocycles. The molecule has 6 heteroatoms. The van der Waals surface area contributed by atoms with E-state index in [1.54, 1.807) is 29.5 Å². The minimum Gasteiger partial charge on any atom is -0.347 e. The van der Waals surface area contributed by atoms with Crippen molar-refractivity contribution < 1.29 is 18.7 Å². The Bertz CT molecular complexity index is 799. The van der Waals surface area contributed by atoms with Gasteiger partial charge in [-0.1, -0.05) is 12.1 Å². The number of rotatable bonds is 3. The second-order valence-corrected chi connectivity index (χ2v) is 7.59. The standard InChI is InChI=1S/C20H20FNO3S/c21-16-3-1-15(2-4-16)18-7-5-17(26-18)6-8-19(23)22-11-9-20(10-12-22)24-13-14-25-20/h1-8H,9-14H2/b8-6+. The van der Waals surface area contributed by atoms with Crippen LogP contribution < -0.4 is 0 Å². The van der Waals surface area contributed by atoms with Crippen LogP contribution in [-0.4, -0.2) is 42.9 Å². The molecular formula is C20H20FNO3S. The quantitative estimate of drug-likeness (QED) is 0.765. The lowest BCUT2D eigenvalue weighted by Crippen LogP contribution is -2.46. The average Bonchev–Trinajstić information content (AvgIpc) is 3.31. The van der Waals surface area contributed by atoms with Crippen molar-refractivity contribution in [3.63, 3.8) is 0 Å². The van der Waals surface area contributed by atoms with E-state index in [2.05, 4.69) is 0 Å². The molecule has 2 saturated heterocycles. The Morgan fingerprint density at radius 3 is 2.46 bits per heavy atom. The van der Waals surface area contributed by atoms with E-state index >= 15 is 0 Å². The van der Waals surface area contributed by atoms with Crippen LogP contribution in [0.25, 0.3) is 16.5 Å². The van der Waals surface area contributed by atoms with Gasteiger partial charge in [0.25, 0.3) is 0 Å². The third-order valence-corrected chi connectivity index (χ3v) is 5.90. The number of halogens is 1. The maximum atomic E-state index is 13.0. The van der Waals surface area contributed by atoms with Crippen LogP contribution in [0.2, 0.25) is 0 Å². The molecule has 0 N–H and O–H groups in total. The molecule has 2 aromatic rings. The molecule has 136 valence electrons. The van der Waals surface area contributed by atoms with Crippen molar-refractivity contribution in [2.75, 3.05) is 26.3 Å². The fourth-order valence-electron chi connectivity index (χ4n) is 3.32. The molecule has 2 aliphatic heterocycles. The maximum absolute atomic E-state index is 13.0. The number of amides is 1. The zero-order valence-corrected chi connectivity index (χ0v) is 15.1. The van der Waals surface area contributed by atoms with E-state index in [-0.39, 0.29) is 11.7 Å². The topological polar surface area (TPSA) is 38.8 Å². The van der Waals surface area contributed by atoms with Gasteiger partial charge in [0.15, 0.2) is 5.79 Å². The van der Waals surface area contributed by atoms with Gasteiger partial charge in [0.1, 0.15) is 5.82 Å². The Morgan fingerprint density at radius 2 is 1.77 bits per heavy atom. The van der Waals surface area contributed by atoms with Crippen LogP contribution in [0.5, 0.6) is 0 Å². The van der Waals surface area contributed by atoms with Crippen molar-refractivity contribution in [2.24, 2.45) is 0 Å². The van der Waals surface area contributed by atoms with E-state index in [1.165, 1.54) is 12.1 Å². The molecule has 0 bridgehead atoms. The summed E-state index contributed by atoms with van der Waals surface area (Å²) >= 11 is 1.58. The van der Waals surface area contributed by atoms with E-state index < -0.39 is 5.79 Å². The molecule has 2 fully saturated rings. The Labute approximate surface area is 155 Å². The lowest BCUT2D eigenvalue weighted by atomic mass is 10.0. The summed E-state index contributed by atoms with van der Waals surface area (Å²) in [5.74, 6) is -0.694. The van der Waals surface area contributed by atoms with E-state index in [4.69, 9.17) is 9.47 Å². The van der Waals surface area contributed by atoms with Gasteiger partial charge >= 0.3 is 0 Å². The fraction of sp³-hybridized carbons (Fsp3) is 0.350. The van der Waals surface area contributed by atoms with Gasteiger partial charge in [0.2, 0.25) is 5.91 Å². The molecule has 1 spiro atoms. The smallest absolute Gasteiger partial charge is 0.246 e. The summed E-state index contributed by atoms with van der Waals surface area (Å²) < 4.78 is 24.4. The highest BCUT2D eigenvalue weighted by molar-refractivity contribution is 7.16. The zero-order chi connectivity index (χ0) is 18.0. The highest BCUT2D eigenvalue weighted by Crippen LogP contribution is 2.32. The minimum atomic E-state index is -0.460. The Balaban J connectivity index is 1.36. The maximum Gasteiger partial charge on any atom is 0.246 e. The summed E-state index contributed by atoms with van der Waals surface area (Å²) in [7, 11) is 0. The fourth-order valence-corrected chi connectivity index (χ4v) is 4.24. The molecule has 3 heterocycles. The Kier molecular flexibility index (Phi) is 4.89. The highest BCUT2D eigenvalue weighted by atomic mass is 32.1. The number of carbonyl (C=O) groups is 1. The predicted octanol–water partition coefficient (Wildman–Crippen LogP) is 3.93. The Hall–Kier alpha value is -2.02. The van der Waals surface area contributed by atoms with Gasteiger partial charge in [-0.05, 0) is 35.9 Å². The first-order valence-electron chi connectivity index (χ1n) is 8.74. The van der Waals surface area contributed by atoms with E-state index in [1.807, 2.05) is 23.1 Å². The van der Waals surface area contributed by atoms with Crippen molar-refractivity contribution in [2.45, 2.75) is 18.6 Å². The van der Waals surface area contributed by atoms with Crippen LogP contribution in [-0.2, 0) is 14.3 Å². The predicted molar refractivity (Wildman–Crippen MR) is 99.2 cm³/mol. The lowest BCUT2D eigenvalue weighted by Gasteiger charge is -2.37. The molecule has 0 atom stereocenters. The molecule has 0 saturated carbocycles. The van der Waals surface area contributed by atoms with Crippen LogP contribution in [0.3, 0.4) is 0 Å². The van der Waals surface area contributed by atoms with Crippen molar-refractivity contribution in [3.05, 3.63) is 53.2 Å². The van der Waals surface area contributed by atoms with Gasteiger partial charge in [0, 0.05) is 41.8 Å². The normalized spacial score (nSPS) is 19.5. The van der Waals surface area contributed by atoms with Gasteiger partial charge in [-0.3, -0.25) is 4.79 Å². The number of ether oxygens (including phenoxy) is 2. The van der Waals surface area contributed by atoms with Crippen LogP contribution in [0.15, 0.2) is 42.5 Å². The summed E-state index contributed by atoms with van der Waals surface area (Å²) in [5, 5.41) is 0. The zero-order valence-electron chi connectivity index (χ0n) is 14.3. The van der Waals surface area contributed by atoms with Gasteiger partial charge in [-0.2, -0.15) is 0 Å². The average molecular weight is 373 g/mol. The van der Waals surface area contributed by atoms with Crippen LogP contribution in [0.1, 0.15) is 17.7 Å². The van der Waals surface area contributed by atoms with Crippen molar-refractivity contribution in [3.8, 4) is 10.4 Å². The molecule has 26 heavy (non-hydrogen) atoms. The second kappa shape index (κ2) is 7.31. The van der Waals surface area contributed by atoms with Gasteiger partial charge in [-0.15, -0.1) is 11.3 Å². The number of thiophene rings is 1. The molecule has 4 nitrogen and oxygen atoms in total. The summed E-state index contributed by atoms with van der Waals surface area (Å²) in [4.78, 5) is 16.3. The van der Waals surface area contributed by atoms with Crippen LogP contribution in [0, 0.1) is 5.82 Å². The monoisotopic (exact) mass is 373 g/mol. The number of nitrogens with zero attached hydrogens (tertiary/aromatic N) is 1. The number of benzene rings is 1. The number of hydrogen-bond acceptors (Lipinski definition) is 4. The van der Waals surface area contributed by atoms with E-state index in [0.717, 1.165) is 28.2 Å². The lowest BCUT2D eigenvalue weighted by molar-refractivity contribution is -0.186. The molecular weight excluding hydrogens is 353 g/mol. The third-order valence-electron chi connectivity index (χ3n) is 4.80. The van der Waals surface area contributed by atoms with E-state index in [0.29, 0.717) is 26.3 Å². The van der Waals surface area contributed by atoms with Crippen molar-refractivity contribution >= 4 is 23.3 Å². The van der Waals surface area contributed by atoms with Crippen LogP contribution >= 0.6 is 11.3 Å².